The molecule has 15 heteroatoms. The zero-order chi connectivity index (χ0) is 37.1. The summed E-state index contributed by atoms with van der Waals surface area (Å²) in [6.45, 7) is 17.3. The van der Waals surface area contributed by atoms with E-state index in [2.05, 4.69) is 55.2 Å². The van der Waals surface area contributed by atoms with E-state index in [0.717, 1.165) is 34.7 Å². The van der Waals surface area contributed by atoms with Gasteiger partial charge in [-0.1, -0.05) is 50.9 Å². The van der Waals surface area contributed by atoms with E-state index in [1.54, 1.807) is 26.5 Å². The van der Waals surface area contributed by atoms with Crippen LogP contribution in [0.15, 0.2) is 30.6 Å². The molecule has 1 aliphatic carbocycles. The lowest BCUT2D eigenvalue weighted by atomic mass is 9.77. The van der Waals surface area contributed by atoms with Gasteiger partial charge in [0.25, 0.3) is 0 Å². The van der Waals surface area contributed by atoms with Crippen molar-refractivity contribution in [2.75, 3.05) is 72.2 Å². The van der Waals surface area contributed by atoms with Gasteiger partial charge in [-0.3, -0.25) is 0 Å². The average molecular weight is 765 g/mol. The van der Waals surface area contributed by atoms with Gasteiger partial charge in [0, 0.05) is 78.6 Å². The molecule has 0 bridgehead atoms. The highest BCUT2D eigenvalue weighted by Gasteiger charge is 2.45. The molecule has 4 rings (SSSR count). The molecule has 0 amide bonds. The van der Waals surface area contributed by atoms with Gasteiger partial charge in [-0.05, 0) is 49.9 Å². The van der Waals surface area contributed by atoms with Gasteiger partial charge in [-0.25, -0.2) is 14.8 Å². The van der Waals surface area contributed by atoms with Crippen molar-refractivity contribution in [3.05, 3.63) is 41.4 Å². The summed E-state index contributed by atoms with van der Waals surface area (Å²) in [7, 11) is 0.630. The number of rotatable bonds is 21. The molecule has 1 saturated carbocycles. The van der Waals surface area contributed by atoms with Gasteiger partial charge in [0.1, 0.15) is 31.0 Å². The molecule has 284 valence electrons. The Bertz CT molecular complexity index is 1500. The van der Waals surface area contributed by atoms with Crippen molar-refractivity contribution < 1.29 is 33.2 Å². The minimum absolute atomic E-state index is 0.0632. The van der Waals surface area contributed by atoms with Crippen LogP contribution >= 0.6 is 11.6 Å². The Balaban J connectivity index is 1.69. The number of hydrogen-bond donors (Lipinski definition) is 0. The van der Waals surface area contributed by atoms with Crippen LogP contribution in [0.5, 0.6) is 0 Å². The minimum Gasteiger partial charge on any atom is -0.461 e. The maximum Gasteiger partial charge on any atom is 0.338 e. The highest BCUT2D eigenvalue weighted by atomic mass is 35.5. The number of pyridine rings is 1. The Labute approximate surface area is 310 Å². The van der Waals surface area contributed by atoms with Crippen LogP contribution in [0.3, 0.4) is 0 Å². The molecule has 3 aromatic heterocycles. The first-order chi connectivity index (χ1) is 24.2. The summed E-state index contributed by atoms with van der Waals surface area (Å²) in [6.07, 6.45) is 5.91. The van der Waals surface area contributed by atoms with Crippen molar-refractivity contribution >= 4 is 45.2 Å². The Morgan fingerprint density at radius 1 is 0.902 bits per heavy atom. The second-order valence-corrected chi connectivity index (χ2v) is 27.3. The van der Waals surface area contributed by atoms with Gasteiger partial charge >= 0.3 is 5.97 Å². The van der Waals surface area contributed by atoms with E-state index < -0.39 is 21.7 Å². The van der Waals surface area contributed by atoms with E-state index in [0.29, 0.717) is 83.0 Å². The average Bonchev–Trinajstić information content (AvgIpc) is 3.51. The molecular formula is C36H58ClN5O7Si2. The fraction of sp³-hybridized carbons (Fsp3) is 0.667. The number of carbonyl (C=O) groups is 1. The van der Waals surface area contributed by atoms with Crippen molar-refractivity contribution in [3.8, 4) is 11.1 Å². The number of carbonyl (C=O) groups excluding carboxylic acids is 1. The molecule has 0 unspecified atom stereocenters. The monoisotopic (exact) mass is 763 g/mol. The molecule has 1 aliphatic rings. The van der Waals surface area contributed by atoms with Crippen molar-refractivity contribution in [2.45, 2.75) is 88.6 Å². The van der Waals surface area contributed by atoms with Crippen molar-refractivity contribution in [1.82, 2.24) is 19.6 Å². The molecular weight excluding hydrogens is 706 g/mol. The van der Waals surface area contributed by atoms with E-state index in [-0.39, 0.29) is 18.5 Å². The number of methoxy groups -OCH3 is 2. The number of anilines is 1. The van der Waals surface area contributed by atoms with Crippen LogP contribution in [0.1, 0.15) is 37.3 Å². The van der Waals surface area contributed by atoms with Gasteiger partial charge in [-0.2, -0.15) is 9.61 Å². The van der Waals surface area contributed by atoms with Crippen LogP contribution in [0, 0.1) is 0 Å². The first-order valence-electron chi connectivity index (χ1n) is 18.0. The molecule has 0 aliphatic heterocycles. The molecule has 0 saturated heterocycles. The van der Waals surface area contributed by atoms with Crippen molar-refractivity contribution in [3.63, 3.8) is 0 Å². The lowest BCUT2D eigenvalue weighted by Crippen LogP contribution is -2.46. The summed E-state index contributed by atoms with van der Waals surface area (Å²) in [4.78, 5) is 25.1. The summed E-state index contributed by atoms with van der Waals surface area (Å²) in [5, 5.41) is 5.25. The standard InChI is InChI=1S/C36H58ClN5O7Si2/c1-44-15-17-48-35(43)36(49-18-16-45-2)13-11-28(12-14-36)31-23-33(42-34(40-31)30(25-39-42)29-9-10-32(37)38-24-29)41(26-46-19-21-50(3,4)5)27-47-20-22-51(6,7)8/h9-10,23-25,28H,11-22,26-27H2,1-8H3/t28-,36-. The second-order valence-electron chi connectivity index (χ2n) is 15.7. The van der Waals surface area contributed by atoms with E-state index >= 15 is 0 Å². The topological polar surface area (TPSA) is 119 Å². The number of hydrogen-bond acceptors (Lipinski definition) is 11. The molecule has 3 aromatic rings. The number of ether oxygens (including phenoxy) is 6. The zero-order valence-electron chi connectivity index (χ0n) is 31.8. The van der Waals surface area contributed by atoms with Crippen LogP contribution in [-0.4, -0.2) is 115 Å². The van der Waals surface area contributed by atoms with Gasteiger partial charge in [0.2, 0.25) is 0 Å². The summed E-state index contributed by atoms with van der Waals surface area (Å²) in [5.74, 6) is 0.535. The molecule has 0 atom stereocenters. The Morgan fingerprint density at radius 3 is 2.10 bits per heavy atom. The van der Waals surface area contributed by atoms with Gasteiger partial charge in [0.15, 0.2) is 11.2 Å². The SMILES string of the molecule is COCCOC(=O)[C@]1(OCCOC)CC[C@H](c2cc(N(COCC[Si](C)(C)C)COCC[Si](C)(C)C)n3ncc(-c4ccc(Cl)nc4)c3n2)CC1. The molecule has 0 aromatic carbocycles. The summed E-state index contributed by atoms with van der Waals surface area (Å²) in [5.41, 5.74) is 2.27. The minimum atomic E-state index is -1.28. The predicted octanol–water partition coefficient (Wildman–Crippen LogP) is 7.12. The highest BCUT2D eigenvalue weighted by Crippen LogP contribution is 2.42. The van der Waals surface area contributed by atoms with E-state index in [1.807, 2.05) is 16.8 Å². The number of esters is 1. The maximum atomic E-state index is 13.4. The first kappa shape index (κ1) is 41.3. The van der Waals surface area contributed by atoms with Gasteiger partial charge in [-0.15, -0.1) is 0 Å². The normalized spacial score (nSPS) is 18.3. The number of nitrogens with zero attached hydrogens (tertiary/aromatic N) is 5. The first-order valence-corrected chi connectivity index (χ1v) is 25.7. The predicted molar refractivity (Wildman–Crippen MR) is 206 cm³/mol. The molecule has 51 heavy (non-hydrogen) atoms. The molecule has 0 N–H and O–H groups in total. The maximum absolute atomic E-state index is 13.4. The summed E-state index contributed by atoms with van der Waals surface area (Å²) < 4.78 is 36.7. The van der Waals surface area contributed by atoms with Crippen molar-refractivity contribution in [2.24, 2.45) is 0 Å². The zero-order valence-corrected chi connectivity index (χ0v) is 34.6. The lowest BCUT2D eigenvalue weighted by molar-refractivity contribution is -0.180. The van der Waals surface area contributed by atoms with E-state index in [4.69, 9.17) is 50.1 Å². The van der Waals surface area contributed by atoms with Gasteiger partial charge in [0.05, 0.1) is 26.0 Å². The number of halogens is 1. The highest BCUT2D eigenvalue weighted by molar-refractivity contribution is 6.76. The van der Waals surface area contributed by atoms with E-state index in [1.165, 1.54) is 0 Å². The quantitative estimate of drug-likeness (QED) is 0.0363. The third kappa shape index (κ3) is 12.3. The fourth-order valence-corrected chi connectivity index (χ4v) is 7.50. The number of fused-ring (bicyclic) bond motifs is 1. The third-order valence-electron chi connectivity index (χ3n) is 9.09. The van der Waals surface area contributed by atoms with Crippen LogP contribution in [-0.2, 0) is 33.2 Å². The molecule has 0 spiro atoms. The molecule has 12 nitrogen and oxygen atoms in total. The summed E-state index contributed by atoms with van der Waals surface area (Å²) in [6, 6.07) is 7.93. The largest absolute Gasteiger partial charge is 0.461 e. The Kier molecular flexibility index (Phi) is 15.4. The van der Waals surface area contributed by atoms with Gasteiger partial charge < -0.3 is 33.3 Å². The molecule has 3 heterocycles. The fourth-order valence-electron chi connectivity index (χ4n) is 5.87. The van der Waals surface area contributed by atoms with Crippen LogP contribution in [0.4, 0.5) is 5.82 Å². The van der Waals surface area contributed by atoms with E-state index in [9.17, 15) is 4.79 Å². The second kappa shape index (κ2) is 19.1. The van der Waals surface area contributed by atoms with Crippen molar-refractivity contribution in [1.29, 1.82) is 0 Å². The third-order valence-corrected chi connectivity index (χ3v) is 12.7. The Morgan fingerprint density at radius 2 is 1.53 bits per heavy atom. The molecule has 1 fully saturated rings. The lowest BCUT2D eigenvalue weighted by Gasteiger charge is -2.38. The van der Waals surface area contributed by atoms with Crippen LogP contribution < -0.4 is 4.90 Å². The number of aromatic nitrogens is 4. The van der Waals surface area contributed by atoms with Crippen LogP contribution in [0.2, 0.25) is 56.5 Å². The summed E-state index contributed by atoms with van der Waals surface area (Å²) >= 11 is 6.15. The molecule has 0 radical (unpaired) electrons. The smallest absolute Gasteiger partial charge is 0.338 e. The Hall–Kier alpha value is -2.44. The van der Waals surface area contributed by atoms with Crippen LogP contribution in [0.25, 0.3) is 16.8 Å².